The van der Waals surface area contributed by atoms with Crippen molar-refractivity contribution in [1.29, 1.82) is 0 Å². The SMILES string of the molecule is Cc1nc([C@H]2C[C@H](CNC(=O)c3cccc(C)c3C)[C@H](O)C2)n[nH]1. The Bertz CT molecular complexity index is 740. The fraction of sp³-hybridized carbons (Fsp3) is 0.500. The number of nitrogens with zero attached hydrogens (tertiary/aromatic N) is 2. The first-order chi connectivity index (χ1) is 11.5. The molecule has 0 aliphatic heterocycles. The van der Waals surface area contributed by atoms with Crippen LogP contribution in [0.3, 0.4) is 0 Å². The van der Waals surface area contributed by atoms with Gasteiger partial charge in [0.2, 0.25) is 0 Å². The van der Waals surface area contributed by atoms with Gasteiger partial charge in [0.05, 0.1) is 6.10 Å². The van der Waals surface area contributed by atoms with Crippen LogP contribution in [0.15, 0.2) is 18.2 Å². The molecule has 0 spiro atoms. The van der Waals surface area contributed by atoms with Gasteiger partial charge in [-0.3, -0.25) is 9.89 Å². The second-order valence-corrected chi connectivity index (χ2v) is 6.73. The highest BCUT2D eigenvalue weighted by Crippen LogP contribution is 2.36. The summed E-state index contributed by atoms with van der Waals surface area (Å²) in [6.07, 6.45) is 0.986. The largest absolute Gasteiger partial charge is 0.393 e. The number of aryl methyl sites for hydroxylation is 2. The maximum absolute atomic E-state index is 12.4. The minimum atomic E-state index is -0.437. The third-order valence-electron chi connectivity index (χ3n) is 5.01. The van der Waals surface area contributed by atoms with E-state index in [-0.39, 0.29) is 17.7 Å². The van der Waals surface area contributed by atoms with Crippen LogP contribution in [-0.4, -0.2) is 38.8 Å². The maximum Gasteiger partial charge on any atom is 0.251 e. The highest BCUT2D eigenvalue weighted by molar-refractivity contribution is 5.95. The van der Waals surface area contributed by atoms with E-state index < -0.39 is 6.10 Å². The number of amides is 1. The molecule has 3 rings (SSSR count). The first-order valence-corrected chi connectivity index (χ1v) is 8.37. The predicted molar refractivity (Wildman–Crippen MR) is 90.8 cm³/mol. The number of carbonyl (C=O) groups excluding carboxylic acids is 1. The van der Waals surface area contributed by atoms with E-state index in [1.807, 2.05) is 39.0 Å². The molecule has 2 aromatic rings. The number of H-pyrrole nitrogens is 1. The molecule has 1 aromatic heterocycles. The van der Waals surface area contributed by atoms with E-state index in [1.54, 1.807) is 0 Å². The number of hydrogen-bond acceptors (Lipinski definition) is 4. The lowest BCUT2D eigenvalue weighted by molar-refractivity contribution is 0.0916. The molecule has 1 amide bonds. The highest BCUT2D eigenvalue weighted by Gasteiger charge is 2.35. The van der Waals surface area contributed by atoms with Crippen LogP contribution in [0, 0.1) is 26.7 Å². The summed E-state index contributed by atoms with van der Waals surface area (Å²) in [6, 6.07) is 5.72. The predicted octanol–water partition coefficient (Wildman–Crippen LogP) is 2.01. The van der Waals surface area contributed by atoms with Crippen molar-refractivity contribution in [3.8, 4) is 0 Å². The number of aromatic amines is 1. The second kappa shape index (κ2) is 6.73. The van der Waals surface area contributed by atoms with Crippen molar-refractivity contribution in [3.63, 3.8) is 0 Å². The molecule has 6 heteroatoms. The number of benzene rings is 1. The molecule has 1 saturated carbocycles. The number of hydrogen-bond donors (Lipinski definition) is 3. The molecule has 3 N–H and O–H groups in total. The zero-order valence-electron chi connectivity index (χ0n) is 14.3. The van der Waals surface area contributed by atoms with Gasteiger partial charge in [0.25, 0.3) is 5.91 Å². The Morgan fingerprint density at radius 1 is 1.33 bits per heavy atom. The fourth-order valence-corrected chi connectivity index (χ4v) is 3.39. The van der Waals surface area contributed by atoms with Gasteiger partial charge in [-0.05, 0) is 50.8 Å². The summed E-state index contributed by atoms with van der Waals surface area (Å²) in [6.45, 7) is 6.28. The van der Waals surface area contributed by atoms with Crippen LogP contribution in [0.5, 0.6) is 0 Å². The smallest absolute Gasteiger partial charge is 0.251 e. The van der Waals surface area contributed by atoms with Crippen molar-refractivity contribution >= 4 is 5.91 Å². The molecule has 1 fully saturated rings. The summed E-state index contributed by atoms with van der Waals surface area (Å²) in [5.41, 5.74) is 2.79. The van der Waals surface area contributed by atoms with Gasteiger partial charge in [0.1, 0.15) is 5.82 Å². The number of aromatic nitrogens is 3. The van der Waals surface area contributed by atoms with Crippen molar-refractivity contribution in [2.45, 2.75) is 45.6 Å². The Balaban J connectivity index is 1.60. The number of rotatable bonds is 4. The molecule has 0 unspecified atom stereocenters. The average molecular weight is 328 g/mol. The number of carbonyl (C=O) groups is 1. The van der Waals surface area contributed by atoms with Gasteiger partial charge in [-0.2, -0.15) is 5.10 Å². The maximum atomic E-state index is 12.4. The van der Waals surface area contributed by atoms with E-state index in [0.29, 0.717) is 18.5 Å². The van der Waals surface area contributed by atoms with Gasteiger partial charge in [-0.15, -0.1) is 0 Å². The van der Waals surface area contributed by atoms with Crippen LogP contribution in [-0.2, 0) is 0 Å². The molecule has 1 aliphatic rings. The third kappa shape index (κ3) is 3.33. The van der Waals surface area contributed by atoms with E-state index in [2.05, 4.69) is 20.5 Å². The highest BCUT2D eigenvalue weighted by atomic mass is 16.3. The van der Waals surface area contributed by atoms with Gasteiger partial charge >= 0.3 is 0 Å². The Morgan fingerprint density at radius 3 is 2.83 bits per heavy atom. The first-order valence-electron chi connectivity index (χ1n) is 8.37. The van der Waals surface area contributed by atoms with Crippen molar-refractivity contribution in [3.05, 3.63) is 46.5 Å². The van der Waals surface area contributed by atoms with Crippen molar-refractivity contribution in [1.82, 2.24) is 20.5 Å². The van der Waals surface area contributed by atoms with E-state index in [0.717, 1.165) is 29.2 Å². The second-order valence-electron chi connectivity index (χ2n) is 6.73. The quantitative estimate of drug-likeness (QED) is 0.801. The van der Waals surface area contributed by atoms with Gasteiger partial charge in [-0.1, -0.05) is 12.1 Å². The fourth-order valence-electron chi connectivity index (χ4n) is 3.39. The lowest BCUT2D eigenvalue weighted by Gasteiger charge is -2.16. The first kappa shape index (κ1) is 16.6. The molecule has 1 aliphatic carbocycles. The molecule has 0 radical (unpaired) electrons. The molecule has 3 atom stereocenters. The summed E-state index contributed by atoms with van der Waals surface area (Å²) in [5.74, 6) is 1.64. The summed E-state index contributed by atoms with van der Waals surface area (Å²) in [4.78, 5) is 16.8. The lowest BCUT2D eigenvalue weighted by Crippen LogP contribution is -2.32. The van der Waals surface area contributed by atoms with Crippen molar-refractivity contribution in [2.75, 3.05) is 6.54 Å². The average Bonchev–Trinajstić information content (AvgIpc) is 3.13. The zero-order chi connectivity index (χ0) is 17.3. The molecule has 6 nitrogen and oxygen atoms in total. The summed E-state index contributed by atoms with van der Waals surface area (Å²) < 4.78 is 0. The number of aliphatic hydroxyl groups is 1. The zero-order valence-corrected chi connectivity index (χ0v) is 14.3. The number of nitrogens with one attached hydrogen (secondary N) is 2. The molecule has 1 heterocycles. The van der Waals surface area contributed by atoms with Crippen LogP contribution in [0.25, 0.3) is 0 Å². The summed E-state index contributed by atoms with van der Waals surface area (Å²) in [5, 5.41) is 20.3. The normalized spacial score (nSPS) is 23.4. The van der Waals surface area contributed by atoms with Gasteiger partial charge in [0, 0.05) is 23.9 Å². The number of aliphatic hydroxyl groups excluding tert-OH is 1. The van der Waals surface area contributed by atoms with Gasteiger partial charge in [-0.25, -0.2) is 4.98 Å². The van der Waals surface area contributed by atoms with Crippen LogP contribution < -0.4 is 5.32 Å². The van der Waals surface area contributed by atoms with E-state index in [1.165, 1.54) is 0 Å². The topological polar surface area (TPSA) is 90.9 Å². The van der Waals surface area contributed by atoms with Gasteiger partial charge in [0.15, 0.2) is 5.82 Å². The Kier molecular flexibility index (Phi) is 4.66. The van der Waals surface area contributed by atoms with E-state index in [4.69, 9.17) is 0 Å². The Morgan fingerprint density at radius 2 is 2.12 bits per heavy atom. The third-order valence-corrected chi connectivity index (χ3v) is 5.01. The van der Waals surface area contributed by atoms with Crippen LogP contribution in [0.2, 0.25) is 0 Å². The Labute approximate surface area is 141 Å². The Hall–Kier alpha value is -2.21. The van der Waals surface area contributed by atoms with Gasteiger partial charge < -0.3 is 10.4 Å². The van der Waals surface area contributed by atoms with E-state index in [9.17, 15) is 9.90 Å². The summed E-state index contributed by atoms with van der Waals surface area (Å²) in [7, 11) is 0. The minimum Gasteiger partial charge on any atom is -0.393 e. The van der Waals surface area contributed by atoms with Crippen LogP contribution >= 0.6 is 0 Å². The van der Waals surface area contributed by atoms with Crippen LogP contribution in [0.4, 0.5) is 0 Å². The monoisotopic (exact) mass is 328 g/mol. The van der Waals surface area contributed by atoms with Crippen molar-refractivity contribution in [2.24, 2.45) is 5.92 Å². The molecule has 0 saturated heterocycles. The molecule has 24 heavy (non-hydrogen) atoms. The standard InChI is InChI=1S/C18H24N4O2/c1-10-5-4-6-15(11(10)2)18(24)19-9-14-7-13(8-16(14)23)17-20-12(3)21-22-17/h4-6,13-14,16,23H,7-9H2,1-3H3,(H,19,24)(H,20,21,22)/t13-,14+,16+/m0/s1. The van der Waals surface area contributed by atoms with Crippen molar-refractivity contribution < 1.29 is 9.90 Å². The lowest BCUT2D eigenvalue weighted by atomic mass is 10.0. The van der Waals surface area contributed by atoms with Crippen LogP contribution in [0.1, 0.15) is 51.9 Å². The molecule has 128 valence electrons. The molecular formula is C18H24N4O2. The molecule has 1 aromatic carbocycles. The molecular weight excluding hydrogens is 304 g/mol. The minimum absolute atomic E-state index is 0.0304. The molecule has 0 bridgehead atoms. The summed E-state index contributed by atoms with van der Waals surface area (Å²) >= 11 is 0. The van der Waals surface area contributed by atoms with E-state index >= 15 is 0 Å².